The first-order chi connectivity index (χ1) is 9.11. The van der Waals surface area contributed by atoms with Crippen LogP contribution in [-0.4, -0.2) is 50.8 Å². The number of aliphatic carboxylic acids is 2. The first-order valence-electron chi connectivity index (χ1n) is 6.57. The Kier molecular flexibility index (Phi) is 4.97. The van der Waals surface area contributed by atoms with Gasteiger partial charge in [-0.1, -0.05) is 0 Å². The fraction of sp³-hybridized carbons (Fsp3) is 0.769. The van der Waals surface area contributed by atoms with Gasteiger partial charge in [0.2, 0.25) is 0 Å². The van der Waals surface area contributed by atoms with Crippen LogP contribution in [-0.2, 0) is 14.3 Å². The molecular formula is C13H21NO6. The molecule has 0 bridgehead atoms. The quantitative estimate of drug-likeness (QED) is 0.818. The fourth-order valence-electron chi connectivity index (χ4n) is 2.31. The first kappa shape index (κ1) is 16.3. The number of ether oxygens (including phenoxy) is 1. The number of amides is 1. The molecular weight excluding hydrogens is 266 g/mol. The second-order valence-corrected chi connectivity index (χ2v) is 5.92. The van der Waals surface area contributed by atoms with Gasteiger partial charge < -0.3 is 14.9 Å². The molecule has 0 unspecified atom stereocenters. The minimum atomic E-state index is -1.13. The third-order valence-electron chi connectivity index (χ3n) is 3.04. The minimum absolute atomic E-state index is 0.275. The molecule has 2 atom stereocenters. The fourth-order valence-corrected chi connectivity index (χ4v) is 2.31. The molecule has 0 aromatic rings. The summed E-state index contributed by atoms with van der Waals surface area (Å²) in [6.07, 6.45) is 0.313. The van der Waals surface area contributed by atoms with Crippen LogP contribution in [0.5, 0.6) is 0 Å². The maximum Gasteiger partial charge on any atom is 0.411 e. The van der Waals surface area contributed by atoms with Crippen molar-refractivity contribution in [3.63, 3.8) is 0 Å². The zero-order valence-corrected chi connectivity index (χ0v) is 12.0. The Labute approximate surface area is 117 Å². The lowest BCUT2D eigenvalue weighted by atomic mass is 9.94. The topological polar surface area (TPSA) is 104 Å². The highest BCUT2D eigenvalue weighted by Crippen LogP contribution is 2.27. The van der Waals surface area contributed by atoms with Gasteiger partial charge in [-0.15, -0.1) is 0 Å². The van der Waals surface area contributed by atoms with Crippen LogP contribution in [0.15, 0.2) is 0 Å². The van der Waals surface area contributed by atoms with Gasteiger partial charge in [0.05, 0.1) is 6.42 Å². The molecule has 114 valence electrons. The molecule has 1 rings (SSSR count). The van der Waals surface area contributed by atoms with Gasteiger partial charge in [-0.05, 0) is 40.0 Å². The Morgan fingerprint density at radius 1 is 1.20 bits per heavy atom. The van der Waals surface area contributed by atoms with Crippen LogP contribution >= 0.6 is 0 Å². The average molecular weight is 287 g/mol. The number of carboxylic acid groups (broad SMARTS) is 2. The van der Waals surface area contributed by atoms with E-state index in [1.165, 1.54) is 0 Å². The number of carbonyl (C=O) groups is 3. The van der Waals surface area contributed by atoms with Gasteiger partial charge in [0.25, 0.3) is 0 Å². The van der Waals surface area contributed by atoms with E-state index in [-0.39, 0.29) is 6.42 Å². The lowest BCUT2D eigenvalue weighted by Gasteiger charge is -2.40. The number of rotatable bonds is 3. The largest absolute Gasteiger partial charge is 0.481 e. The normalized spacial score (nSPS) is 23.2. The molecule has 2 N–H and O–H groups in total. The van der Waals surface area contributed by atoms with Crippen molar-refractivity contribution in [2.45, 2.75) is 64.1 Å². The summed E-state index contributed by atoms with van der Waals surface area (Å²) in [4.78, 5) is 35.4. The second-order valence-electron chi connectivity index (χ2n) is 5.92. The van der Waals surface area contributed by atoms with E-state index in [1.807, 2.05) is 0 Å². The number of hydrogen-bond acceptors (Lipinski definition) is 4. The molecule has 1 heterocycles. The summed E-state index contributed by atoms with van der Waals surface area (Å²) in [5.74, 6) is -2.19. The zero-order chi connectivity index (χ0) is 15.5. The van der Waals surface area contributed by atoms with Crippen molar-refractivity contribution >= 4 is 18.0 Å². The molecule has 7 heteroatoms. The van der Waals surface area contributed by atoms with Crippen molar-refractivity contribution in [3.05, 3.63) is 0 Å². The van der Waals surface area contributed by atoms with Crippen molar-refractivity contribution in [2.24, 2.45) is 0 Å². The van der Waals surface area contributed by atoms with Gasteiger partial charge in [-0.3, -0.25) is 9.69 Å². The molecule has 1 amide bonds. The number of nitrogens with zero attached hydrogens (tertiary/aromatic N) is 1. The summed E-state index contributed by atoms with van der Waals surface area (Å²) in [5, 5.41) is 18.1. The van der Waals surface area contributed by atoms with Crippen LogP contribution in [0.4, 0.5) is 4.79 Å². The Bertz CT molecular complexity index is 400. The monoisotopic (exact) mass is 287 g/mol. The van der Waals surface area contributed by atoms with Crippen LogP contribution in [0.1, 0.15) is 46.5 Å². The highest BCUT2D eigenvalue weighted by atomic mass is 16.6. The first-order valence-corrected chi connectivity index (χ1v) is 6.57. The van der Waals surface area contributed by atoms with Crippen LogP contribution in [0.3, 0.4) is 0 Å². The van der Waals surface area contributed by atoms with Crippen molar-refractivity contribution < 1.29 is 29.3 Å². The summed E-state index contributed by atoms with van der Waals surface area (Å²) in [6.45, 7) is 5.03. The molecule has 1 fully saturated rings. The molecule has 1 aliphatic heterocycles. The number of likely N-dealkylation sites (tertiary alicyclic amines) is 1. The number of piperidine rings is 1. The summed E-state index contributed by atoms with van der Waals surface area (Å²) >= 11 is 0. The predicted octanol–water partition coefficient (Wildman–Crippen LogP) is 1.70. The molecule has 20 heavy (non-hydrogen) atoms. The standard InChI is InChI=1S/C13H21NO6/c1-13(2,3)20-12(19)14-8(7-10(15)16)5-4-6-9(14)11(17)18/h8-9H,4-7H2,1-3H3,(H,15,16)(H,17,18)/t8-,9-/m1/s1. The molecule has 0 aromatic heterocycles. The number of carboxylic acids is 2. The average Bonchev–Trinajstić information content (AvgIpc) is 2.25. The van der Waals surface area contributed by atoms with E-state index < -0.39 is 35.7 Å². The lowest BCUT2D eigenvalue weighted by Crippen LogP contribution is -2.55. The lowest BCUT2D eigenvalue weighted by molar-refractivity contribution is -0.148. The van der Waals surface area contributed by atoms with E-state index in [1.54, 1.807) is 20.8 Å². The van der Waals surface area contributed by atoms with Crippen molar-refractivity contribution in [1.29, 1.82) is 0 Å². The van der Waals surface area contributed by atoms with E-state index in [0.717, 1.165) is 4.90 Å². The Balaban J connectivity index is 2.96. The highest BCUT2D eigenvalue weighted by molar-refractivity contribution is 5.81. The Morgan fingerprint density at radius 2 is 1.80 bits per heavy atom. The molecule has 0 saturated carbocycles. The summed E-state index contributed by atoms with van der Waals surface area (Å²) in [7, 11) is 0. The molecule has 1 saturated heterocycles. The van der Waals surface area contributed by atoms with Crippen LogP contribution in [0.25, 0.3) is 0 Å². The third kappa shape index (κ3) is 4.40. The van der Waals surface area contributed by atoms with Gasteiger partial charge in [-0.25, -0.2) is 9.59 Å². The van der Waals surface area contributed by atoms with E-state index in [9.17, 15) is 19.5 Å². The summed E-state index contributed by atoms with van der Waals surface area (Å²) < 4.78 is 5.20. The van der Waals surface area contributed by atoms with Crippen molar-refractivity contribution in [2.75, 3.05) is 0 Å². The van der Waals surface area contributed by atoms with Gasteiger partial charge in [-0.2, -0.15) is 0 Å². The van der Waals surface area contributed by atoms with E-state index in [2.05, 4.69) is 0 Å². The van der Waals surface area contributed by atoms with E-state index >= 15 is 0 Å². The van der Waals surface area contributed by atoms with E-state index in [0.29, 0.717) is 19.3 Å². The van der Waals surface area contributed by atoms with Crippen LogP contribution < -0.4 is 0 Å². The van der Waals surface area contributed by atoms with Crippen molar-refractivity contribution in [3.8, 4) is 0 Å². The zero-order valence-electron chi connectivity index (χ0n) is 12.0. The number of carbonyl (C=O) groups excluding carboxylic acids is 1. The molecule has 0 radical (unpaired) electrons. The summed E-state index contributed by atoms with van der Waals surface area (Å²) in [6, 6.07) is -1.67. The maximum atomic E-state index is 12.2. The summed E-state index contributed by atoms with van der Waals surface area (Å²) in [5.41, 5.74) is -0.759. The molecule has 0 aliphatic carbocycles. The number of hydrogen-bond donors (Lipinski definition) is 2. The van der Waals surface area contributed by atoms with E-state index in [4.69, 9.17) is 9.84 Å². The molecule has 7 nitrogen and oxygen atoms in total. The van der Waals surface area contributed by atoms with Gasteiger partial charge in [0.15, 0.2) is 0 Å². The predicted molar refractivity (Wildman–Crippen MR) is 69.4 cm³/mol. The van der Waals surface area contributed by atoms with Gasteiger partial charge >= 0.3 is 18.0 Å². The van der Waals surface area contributed by atoms with Crippen LogP contribution in [0, 0.1) is 0 Å². The van der Waals surface area contributed by atoms with Crippen molar-refractivity contribution in [1.82, 2.24) is 4.90 Å². The smallest absolute Gasteiger partial charge is 0.411 e. The maximum absolute atomic E-state index is 12.2. The van der Waals surface area contributed by atoms with Gasteiger partial charge in [0.1, 0.15) is 11.6 Å². The molecule has 0 spiro atoms. The second kappa shape index (κ2) is 6.11. The highest BCUT2D eigenvalue weighted by Gasteiger charge is 2.41. The van der Waals surface area contributed by atoms with Crippen LogP contribution in [0.2, 0.25) is 0 Å². The minimum Gasteiger partial charge on any atom is -0.481 e. The molecule has 1 aliphatic rings. The third-order valence-corrected chi connectivity index (χ3v) is 3.04. The van der Waals surface area contributed by atoms with Gasteiger partial charge in [0, 0.05) is 6.04 Å². The SMILES string of the molecule is CC(C)(C)OC(=O)N1[C@@H](CC(=O)O)CCC[C@@H]1C(=O)O. The molecule has 0 aromatic carbocycles. The Morgan fingerprint density at radius 3 is 2.25 bits per heavy atom. The Hall–Kier alpha value is -1.79.